The lowest BCUT2D eigenvalue weighted by atomic mass is 10.0. The van der Waals surface area contributed by atoms with Crippen LogP contribution in [0.4, 0.5) is 0 Å². The molecule has 1 unspecified atom stereocenters. The second kappa shape index (κ2) is 7.24. The first kappa shape index (κ1) is 15.5. The molecule has 0 saturated carbocycles. The molecule has 1 saturated heterocycles. The van der Waals surface area contributed by atoms with Crippen LogP contribution in [0.3, 0.4) is 0 Å². The molecule has 1 atom stereocenters. The SMILES string of the molecule is CC(C)C1CCCN1C(=O)c1ncccc1C#CCCO. The van der Waals surface area contributed by atoms with E-state index < -0.39 is 0 Å². The van der Waals surface area contributed by atoms with E-state index in [-0.39, 0.29) is 18.6 Å². The number of carbonyl (C=O) groups is 1. The molecule has 4 heteroatoms. The fraction of sp³-hybridized carbons (Fsp3) is 0.529. The first-order chi connectivity index (χ1) is 10.1. The molecule has 0 bridgehead atoms. The van der Waals surface area contributed by atoms with Crippen molar-refractivity contribution in [2.45, 2.75) is 39.2 Å². The average molecular weight is 286 g/mol. The summed E-state index contributed by atoms with van der Waals surface area (Å²) in [6.45, 7) is 5.12. The molecule has 1 aromatic rings. The predicted molar refractivity (Wildman–Crippen MR) is 81.7 cm³/mol. The summed E-state index contributed by atoms with van der Waals surface area (Å²) in [7, 11) is 0. The Kier molecular flexibility index (Phi) is 5.35. The number of rotatable bonds is 3. The number of aliphatic hydroxyl groups is 1. The number of amides is 1. The van der Waals surface area contributed by atoms with Crippen LogP contribution in [-0.2, 0) is 0 Å². The molecule has 1 N–H and O–H groups in total. The van der Waals surface area contributed by atoms with Gasteiger partial charge in [-0.15, -0.1) is 0 Å². The van der Waals surface area contributed by atoms with Gasteiger partial charge >= 0.3 is 0 Å². The Labute approximate surface area is 126 Å². The van der Waals surface area contributed by atoms with E-state index in [1.807, 2.05) is 11.0 Å². The van der Waals surface area contributed by atoms with Gasteiger partial charge in [0, 0.05) is 25.2 Å². The monoisotopic (exact) mass is 286 g/mol. The third kappa shape index (κ3) is 3.62. The van der Waals surface area contributed by atoms with Gasteiger partial charge in [-0.3, -0.25) is 4.79 Å². The molecule has 0 spiro atoms. The van der Waals surface area contributed by atoms with Gasteiger partial charge in [-0.25, -0.2) is 4.98 Å². The van der Waals surface area contributed by atoms with Crippen molar-refractivity contribution in [2.24, 2.45) is 5.92 Å². The molecule has 0 aliphatic carbocycles. The quantitative estimate of drug-likeness (QED) is 0.866. The highest BCUT2D eigenvalue weighted by atomic mass is 16.2. The van der Waals surface area contributed by atoms with E-state index in [2.05, 4.69) is 30.7 Å². The Bertz CT molecular complexity index is 557. The van der Waals surface area contributed by atoms with Crippen molar-refractivity contribution in [3.8, 4) is 11.8 Å². The molecule has 21 heavy (non-hydrogen) atoms. The summed E-state index contributed by atoms with van der Waals surface area (Å²) in [5.41, 5.74) is 1.07. The van der Waals surface area contributed by atoms with Gasteiger partial charge in [0.05, 0.1) is 12.2 Å². The number of carbonyl (C=O) groups excluding carboxylic acids is 1. The molecule has 2 heterocycles. The fourth-order valence-electron chi connectivity index (χ4n) is 2.76. The maximum absolute atomic E-state index is 12.8. The molecule has 112 valence electrons. The van der Waals surface area contributed by atoms with Crippen LogP contribution in [0, 0.1) is 17.8 Å². The van der Waals surface area contributed by atoms with Crippen LogP contribution in [0.5, 0.6) is 0 Å². The molecule has 1 aromatic heterocycles. The normalized spacial score (nSPS) is 17.7. The van der Waals surface area contributed by atoms with Crippen molar-refractivity contribution >= 4 is 5.91 Å². The Hall–Kier alpha value is -1.86. The highest BCUT2D eigenvalue weighted by Gasteiger charge is 2.32. The minimum absolute atomic E-state index is 0.0259. The van der Waals surface area contributed by atoms with Crippen LogP contribution in [0.25, 0.3) is 0 Å². The van der Waals surface area contributed by atoms with Crippen LogP contribution in [0.2, 0.25) is 0 Å². The first-order valence-corrected chi connectivity index (χ1v) is 7.51. The van der Waals surface area contributed by atoms with E-state index >= 15 is 0 Å². The summed E-state index contributed by atoms with van der Waals surface area (Å²) in [6.07, 6.45) is 4.14. The van der Waals surface area contributed by atoms with Crippen LogP contribution >= 0.6 is 0 Å². The number of nitrogens with zero attached hydrogens (tertiary/aromatic N) is 2. The van der Waals surface area contributed by atoms with Gasteiger partial charge < -0.3 is 10.0 Å². The van der Waals surface area contributed by atoms with Gasteiger partial charge in [-0.1, -0.05) is 25.7 Å². The summed E-state index contributed by atoms with van der Waals surface area (Å²) in [5.74, 6) is 6.22. The predicted octanol–water partition coefficient (Wildman–Crippen LogP) is 2.08. The Morgan fingerprint density at radius 1 is 1.57 bits per heavy atom. The van der Waals surface area contributed by atoms with Crippen LogP contribution in [0.1, 0.15) is 49.2 Å². The van der Waals surface area contributed by atoms with Crippen molar-refractivity contribution in [1.29, 1.82) is 0 Å². The number of likely N-dealkylation sites (tertiary alicyclic amines) is 1. The van der Waals surface area contributed by atoms with E-state index in [9.17, 15) is 4.79 Å². The van der Waals surface area contributed by atoms with E-state index in [1.54, 1.807) is 12.3 Å². The second-order valence-corrected chi connectivity index (χ2v) is 5.63. The van der Waals surface area contributed by atoms with Gasteiger partial charge in [0.2, 0.25) is 0 Å². The topological polar surface area (TPSA) is 53.4 Å². The van der Waals surface area contributed by atoms with Crippen molar-refractivity contribution in [1.82, 2.24) is 9.88 Å². The molecule has 0 radical (unpaired) electrons. The minimum Gasteiger partial charge on any atom is -0.395 e. The third-order valence-electron chi connectivity index (χ3n) is 3.80. The highest BCUT2D eigenvalue weighted by molar-refractivity contribution is 5.95. The zero-order valence-electron chi connectivity index (χ0n) is 12.7. The minimum atomic E-state index is -0.0277. The Morgan fingerprint density at radius 2 is 2.38 bits per heavy atom. The number of aliphatic hydroxyl groups excluding tert-OH is 1. The molecule has 1 aliphatic rings. The summed E-state index contributed by atoms with van der Waals surface area (Å²) in [6, 6.07) is 3.88. The molecule has 1 amide bonds. The number of pyridine rings is 1. The van der Waals surface area contributed by atoms with E-state index in [0.29, 0.717) is 23.6 Å². The molecule has 1 aliphatic heterocycles. The molecular weight excluding hydrogens is 264 g/mol. The third-order valence-corrected chi connectivity index (χ3v) is 3.80. The second-order valence-electron chi connectivity index (χ2n) is 5.63. The van der Waals surface area contributed by atoms with E-state index in [1.165, 1.54) is 0 Å². The van der Waals surface area contributed by atoms with Crippen molar-refractivity contribution in [3.63, 3.8) is 0 Å². The van der Waals surface area contributed by atoms with Gasteiger partial charge in [0.1, 0.15) is 5.69 Å². The van der Waals surface area contributed by atoms with Crippen molar-refractivity contribution < 1.29 is 9.90 Å². The lowest BCUT2D eigenvalue weighted by molar-refractivity contribution is 0.0695. The lowest BCUT2D eigenvalue weighted by Crippen LogP contribution is -2.39. The molecular formula is C17H22N2O2. The fourth-order valence-corrected chi connectivity index (χ4v) is 2.76. The van der Waals surface area contributed by atoms with E-state index in [0.717, 1.165) is 19.4 Å². The van der Waals surface area contributed by atoms with Crippen LogP contribution in [0.15, 0.2) is 18.3 Å². The highest BCUT2D eigenvalue weighted by Crippen LogP contribution is 2.25. The maximum atomic E-state index is 12.8. The maximum Gasteiger partial charge on any atom is 0.274 e. The molecule has 1 fully saturated rings. The first-order valence-electron chi connectivity index (χ1n) is 7.51. The summed E-state index contributed by atoms with van der Waals surface area (Å²) in [5, 5.41) is 8.80. The summed E-state index contributed by atoms with van der Waals surface area (Å²) in [4.78, 5) is 18.9. The number of hydrogen-bond acceptors (Lipinski definition) is 3. The van der Waals surface area contributed by atoms with Crippen LogP contribution in [-0.4, -0.2) is 40.1 Å². The Balaban J connectivity index is 2.25. The van der Waals surface area contributed by atoms with Crippen molar-refractivity contribution in [3.05, 3.63) is 29.6 Å². The summed E-state index contributed by atoms with van der Waals surface area (Å²) >= 11 is 0. The average Bonchev–Trinajstić information content (AvgIpc) is 2.97. The lowest BCUT2D eigenvalue weighted by Gasteiger charge is -2.27. The largest absolute Gasteiger partial charge is 0.395 e. The van der Waals surface area contributed by atoms with Crippen LogP contribution < -0.4 is 0 Å². The summed E-state index contributed by atoms with van der Waals surface area (Å²) < 4.78 is 0. The molecule has 0 aromatic carbocycles. The zero-order chi connectivity index (χ0) is 15.2. The standard InChI is InChI=1S/C17H22N2O2/c1-13(2)15-9-6-11-19(15)17(21)16-14(7-3-4-12-20)8-5-10-18-16/h5,8,10,13,15,20H,4,6,9,11-12H2,1-2H3. The number of aromatic nitrogens is 1. The number of hydrogen-bond donors (Lipinski definition) is 1. The van der Waals surface area contributed by atoms with Gasteiger partial charge in [0.25, 0.3) is 5.91 Å². The Morgan fingerprint density at radius 3 is 3.10 bits per heavy atom. The zero-order valence-corrected chi connectivity index (χ0v) is 12.7. The van der Waals surface area contributed by atoms with Gasteiger partial charge in [0.15, 0.2) is 0 Å². The molecule has 2 rings (SSSR count). The van der Waals surface area contributed by atoms with Gasteiger partial charge in [-0.05, 0) is 30.9 Å². The van der Waals surface area contributed by atoms with E-state index in [4.69, 9.17) is 5.11 Å². The van der Waals surface area contributed by atoms with Crippen molar-refractivity contribution in [2.75, 3.05) is 13.2 Å². The van der Waals surface area contributed by atoms with Gasteiger partial charge in [-0.2, -0.15) is 0 Å². The molecule has 4 nitrogen and oxygen atoms in total. The smallest absolute Gasteiger partial charge is 0.274 e.